The first-order valence-electron chi connectivity index (χ1n) is 7.61. The highest BCUT2D eigenvalue weighted by Gasteiger charge is 2.14. The van der Waals surface area contributed by atoms with E-state index in [1.54, 1.807) is 0 Å². The van der Waals surface area contributed by atoms with Crippen LogP contribution in [-0.4, -0.2) is 36.1 Å². The summed E-state index contributed by atoms with van der Waals surface area (Å²) in [5, 5.41) is 3.59. The number of aromatic nitrogens is 1. The van der Waals surface area contributed by atoms with Crippen molar-refractivity contribution < 1.29 is 0 Å². The van der Waals surface area contributed by atoms with E-state index in [0.717, 1.165) is 12.5 Å². The van der Waals surface area contributed by atoms with Crippen LogP contribution in [0.15, 0.2) is 24.5 Å². The molecule has 0 bridgehead atoms. The molecule has 3 heteroatoms. The molecule has 2 rings (SSSR count). The maximum Gasteiger partial charge on any atom is 0.0292 e. The molecule has 1 atom stereocenters. The molecule has 0 aliphatic carbocycles. The van der Waals surface area contributed by atoms with Crippen molar-refractivity contribution in [2.45, 2.75) is 39.2 Å². The topological polar surface area (TPSA) is 28.2 Å². The van der Waals surface area contributed by atoms with Gasteiger partial charge in [-0.3, -0.25) is 4.98 Å². The van der Waals surface area contributed by atoms with Crippen LogP contribution in [0.25, 0.3) is 0 Å². The molecule has 0 aromatic carbocycles. The summed E-state index contributed by atoms with van der Waals surface area (Å²) < 4.78 is 0. The highest BCUT2D eigenvalue weighted by atomic mass is 15.1. The van der Waals surface area contributed by atoms with Crippen LogP contribution < -0.4 is 5.32 Å². The van der Waals surface area contributed by atoms with Gasteiger partial charge in [0, 0.05) is 18.4 Å². The molecule has 0 saturated carbocycles. The van der Waals surface area contributed by atoms with Crippen LogP contribution in [0.4, 0.5) is 0 Å². The molecule has 1 aromatic heterocycles. The molecule has 0 spiro atoms. The first kappa shape index (κ1) is 14.5. The summed E-state index contributed by atoms with van der Waals surface area (Å²) in [4.78, 5) is 6.67. The van der Waals surface area contributed by atoms with E-state index >= 15 is 0 Å². The third-order valence-corrected chi connectivity index (χ3v) is 4.18. The van der Waals surface area contributed by atoms with Gasteiger partial charge >= 0.3 is 0 Å². The number of nitrogens with zero attached hydrogens (tertiary/aromatic N) is 2. The van der Waals surface area contributed by atoms with Gasteiger partial charge < -0.3 is 10.2 Å². The number of likely N-dealkylation sites (tertiary alicyclic amines) is 1. The Morgan fingerprint density at radius 3 is 2.68 bits per heavy atom. The normalized spacial score (nSPS) is 19.5. The zero-order valence-corrected chi connectivity index (χ0v) is 12.3. The van der Waals surface area contributed by atoms with Crippen LogP contribution in [0.2, 0.25) is 0 Å². The van der Waals surface area contributed by atoms with Crippen molar-refractivity contribution in [3.8, 4) is 0 Å². The molecule has 1 aliphatic heterocycles. The van der Waals surface area contributed by atoms with Crippen molar-refractivity contribution in [2.75, 3.05) is 26.2 Å². The van der Waals surface area contributed by atoms with Gasteiger partial charge in [0.25, 0.3) is 0 Å². The summed E-state index contributed by atoms with van der Waals surface area (Å²) in [5.41, 5.74) is 1.32. The lowest BCUT2D eigenvalue weighted by Gasteiger charge is -2.30. The van der Waals surface area contributed by atoms with E-state index in [9.17, 15) is 0 Å². The predicted molar refractivity (Wildman–Crippen MR) is 80.1 cm³/mol. The van der Waals surface area contributed by atoms with Crippen molar-refractivity contribution >= 4 is 0 Å². The Kier molecular flexibility index (Phi) is 5.80. The standard InChI is InChI=1S/C16H27N3/c1-14-6-12-19(13-7-14)11-3-8-18-15(2)16-4-9-17-10-5-16/h4-5,9-10,14-15,18H,3,6-8,11-13H2,1-2H3. The van der Waals surface area contributed by atoms with E-state index < -0.39 is 0 Å². The largest absolute Gasteiger partial charge is 0.310 e. The van der Waals surface area contributed by atoms with Crippen molar-refractivity contribution in [1.29, 1.82) is 0 Å². The summed E-state index contributed by atoms with van der Waals surface area (Å²) in [6.45, 7) is 9.51. The van der Waals surface area contributed by atoms with Gasteiger partial charge in [-0.1, -0.05) is 6.92 Å². The smallest absolute Gasteiger partial charge is 0.0292 e. The fourth-order valence-corrected chi connectivity index (χ4v) is 2.68. The number of piperidine rings is 1. The highest BCUT2D eigenvalue weighted by Crippen LogP contribution is 2.16. The summed E-state index contributed by atoms with van der Waals surface area (Å²) in [6, 6.07) is 4.59. The maximum absolute atomic E-state index is 4.06. The molecule has 1 aliphatic rings. The molecule has 2 heterocycles. The predicted octanol–water partition coefficient (Wildman–Crippen LogP) is 2.85. The molecule has 0 radical (unpaired) electrons. The van der Waals surface area contributed by atoms with Crippen LogP contribution in [0.3, 0.4) is 0 Å². The summed E-state index contributed by atoms with van der Waals surface area (Å²) in [6.07, 6.45) is 7.72. The van der Waals surface area contributed by atoms with Crippen molar-refractivity contribution in [3.63, 3.8) is 0 Å². The Morgan fingerprint density at radius 1 is 1.32 bits per heavy atom. The average Bonchev–Trinajstić information content (AvgIpc) is 2.46. The van der Waals surface area contributed by atoms with E-state index in [-0.39, 0.29) is 0 Å². The first-order valence-corrected chi connectivity index (χ1v) is 7.61. The molecular weight excluding hydrogens is 234 g/mol. The molecule has 1 aromatic rings. The number of hydrogen-bond donors (Lipinski definition) is 1. The Labute approximate surface area is 117 Å². The fourth-order valence-electron chi connectivity index (χ4n) is 2.68. The maximum atomic E-state index is 4.06. The summed E-state index contributed by atoms with van der Waals surface area (Å²) in [7, 11) is 0. The van der Waals surface area contributed by atoms with Gasteiger partial charge in [-0.25, -0.2) is 0 Å². The second kappa shape index (κ2) is 7.61. The minimum atomic E-state index is 0.421. The lowest BCUT2D eigenvalue weighted by atomic mass is 9.99. The molecule has 106 valence electrons. The third-order valence-electron chi connectivity index (χ3n) is 4.18. The number of hydrogen-bond acceptors (Lipinski definition) is 3. The van der Waals surface area contributed by atoms with Gasteiger partial charge in [-0.2, -0.15) is 0 Å². The second-order valence-corrected chi connectivity index (χ2v) is 5.83. The minimum Gasteiger partial charge on any atom is -0.310 e. The van der Waals surface area contributed by atoms with Crippen LogP contribution >= 0.6 is 0 Å². The quantitative estimate of drug-likeness (QED) is 0.798. The monoisotopic (exact) mass is 261 g/mol. The van der Waals surface area contributed by atoms with Gasteiger partial charge in [0.05, 0.1) is 0 Å². The van der Waals surface area contributed by atoms with Crippen LogP contribution in [0, 0.1) is 5.92 Å². The van der Waals surface area contributed by atoms with Crippen molar-refractivity contribution in [3.05, 3.63) is 30.1 Å². The van der Waals surface area contributed by atoms with E-state index in [0.29, 0.717) is 6.04 Å². The highest BCUT2D eigenvalue weighted by molar-refractivity contribution is 5.13. The summed E-state index contributed by atoms with van der Waals surface area (Å²) in [5.74, 6) is 0.932. The Bertz CT molecular complexity index is 344. The molecule has 3 nitrogen and oxygen atoms in total. The van der Waals surface area contributed by atoms with Crippen LogP contribution in [0.1, 0.15) is 44.7 Å². The van der Waals surface area contributed by atoms with Gasteiger partial charge in [0.1, 0.15) is 0 Å². The lowest BCUT2D eigenvalue weighted by Crippen LogP contribution is -2.35. The number of pyridine rings is 1. The minimum absolute atomic E-state index is 0.421. The van der Waals surface area contributed by atoms with E-state index in [1.807, 2.05) is 12.4 Å². The van der Waals surface area contributed by atoms with Crippen molar-refractivity contribution in [2.24, 2.45) is 5.92 Å². The Hall–Kier alpha value is -0.930. The van der Waals surface area contributed by atoms with E-state index in [4.69, 9.17) is 0 Å². The molecule has 0 amide bonds. The Morgan fingerprint density at radius 2 is 2.00 bits per heavy atom. The van der Waals surface area contributed by atoms with Gasteiger partial charge in [-0.15, -0.1) is 0 Å². The van der Waals surface area contributed by atoms with Gasteiger partial charge in [-0.05, 0) is 76.0 Å². The molecular formula is C16H27N3. The zero-order valence-electron chi connectivity index (χ0n) is 12.3. The SMILES string of the molecule is CC1CCN(CCCNC(C)c2ccncc2)CC1. The molecule has 19 heavy (non-hydrogen) atoms. The lowest BCUT2D eigenvalue weighted by molar-refractivity contribution is 0.190. The molecule has 1 saturated heterocycles. The first-order chi connectivity index (χ1) is 9.25. The molecule has 1 N–H and O–H groups in total. The average molecular weight is 261 g/mol. The number of nitrogens with one attached hydrogen (secondary N) is 1. The van der Waals surface area contributed by atoms with Crippen LogP contribution in [-0.2, 0) is 0 Å². The van der Waals surface area contributed by atoms with Crippen LogP contribution in [0.5, 0.6) is 0 Å². The van der Waals surface area contributed by atoms with Gasteiger partial charge in [0.2, 0.25) is 0 Å². The molecule has 1 unspecified atom stereocenters. The fraction of sp³-hybridized carbons (Fsp3) is 0.688. The third kappa shape index (κ3) is 4.92. The van der Waals surface area contributed by atoms with Crippen molar-refractivity contribution in [1.82, 2.24) is 15.2 Å². The summed E-state index contributed by atoms with van der Waals surface area (Å²) >= 11 is 0. The zero-order chi connectivity index (χ0) is 13.5. The van der Waals surface area contributed by atoms with E-state index in [1.165, 1.54) is 44.5 Å². The second-order valence-electron chi connectivity index (χ2n) is 5.83. The Balaban J connectivity index is 1.59. The van der Waals surface area contributed by atoms with E-state index in [2.05, 4.69) is 41.2 Å². The molecule has 1 fully saturated rings. The number of rotatable bonds is 6. The van der Waals surface area contributed by atoms with Gasteiger partial charge in [0.15, 0.2) is 0 Å².